The molecule has 0 saturated carbocycles. The van der Waals surface area contributed by atoms with Crippen molar-refractivity contribution in [3.63, 3.8) is 0 Å². The monoisotopic (exact) mass is 221 g/mol. The molecular formula is C9H4ClN3S. The Bertz CT molecular complexity index is 456. The molecule has 14 heavy (non-hydrogen) atoms. The molecule has 0 atom stereocenters. The van der Waals surface area contributed by atoms with Crippen LogP contribution in [-0.4, -0.2) is 4.99 Å². The van der Waals surface area contributed by atoms with Gasteiger partial charge in [0.15, 0.2) is 4.99 Å². The fraction of sp³-hybridized carbons (Fsp3) is 0. The lowest BCUT2D eigenvalue weighted by Gasteiger charge is -2.04. The van der Waals surface area contributed by atoms with Gasteiger partial charge in [-0.3, -0.25) is 0 Å². The number of hydrogen-bond donors (Lipinski definition) is 1. The van der Waals surface area contributed by atoms with Gasteiger partial charge in [0.05, 0.1) is 11.3 Å². The summed E-state index contributed by atoms with van der Waals surface area (Å²) in [4.78, 5) is 0.0174. The number of rotatable bonds is 1. The van der Waals surface area contributed by atoms with E-state index in [-0.39, 0.29) is 4.99 Å². The van der Waals surface area contributed by atoms with E-state index in [1.165, 1.54) is 6.07 Å². The quantitative estimate of drug-likeness (QED) is 0.741. The maximum absolute atomic E-state index is 8.75. The number of hydrogen-bond acceptors (Lipinski definition) is 3. The van der Waals surface area contributed by atoms with Crippen molar-refractivity contribution >= 4 is 34.5 Å². The first kappa shape index (κ1) is 10.5. The number of nitrogens with one attached hydrogen (secondary N) is 1. The summed E-state index contributed by atoms with van der Waals surface area (Å²) < 4.78 is 0. The molecule has 1 rings (SSSR count). The van der Waals surface area contributed by atoms with Crippen LogP contribution in [0.25, 0.3) is 0 Å². The number of nitriles is 2. The summed E-state index contributed by atoms with van der Waals surface area (Å²) in [5, 5.41) is 20.3. The van der Waals surface area contributed by atoms with Gasteiger partial charge in [0.25, 0.3) is 0 Å². The molecule has 0 aliphatic carbocycles. The highest BCUT2D eigenvalue weighted by Gasteiger charge is 2.03. The predicted molar refractivity (Wildman–Crippen MR) is 58.0 cm³/mol. The Morgan fingerprint density at radius 1 is 1.43 bits per heavy atom. The third-order valence-electron chi connectivity index (χ3n) is 1.45. The third-order valence-corrected chi connectivity index (χ3v) is 1.88. The summed E-state index contributed by atoms with van der Waals surface area (Å²) in [7, 11) is 0. The molecule has 0 unspecified atom stereocenters. The normalized spacial score (nSPS) is 8.50. The Hall–Kier alpha value is -1.62. The first-order chi connectivity index (χ1) is 6.67. The molecule has 0 aromatic heterocycles. The van der Waals surface area contributed by atoms with E-state index in [9.17, 15) is 0 Å². The molecule has 0 aliphatic heterocycles. The predicted octanol–water partition coefficient (Wildman–Crippen LogP) is 2.47. The molecule has 1 N–H and O–H groups in total. The topological polar surface area (TPSA) is 59.6 Å². The molecule has 0 radical (unpaired) electrons. The zero-order valence-corrected chi connectivity index (χ0v) is 8.49. The Morgan fingerprint density at radius 2 is 2.14 bits per heavy atom. The molecule has 3 nitrogen and oxygen atoms in total. The zero-order valence-electron chi connectivity index (χ0n) is 6.91. The van der Waals surface area contributed by atoms with Gasteiger partial charge in [-0.05, 0) is 30.4 Å². The molecule has 0 heterocycles. The zero-order chi connectivity index (χ0) is 10.6. The van der Waals surface area contributed by atoms with Crippen LogP contribution in [-0.2, 0) is 0 Å². The van der Waals surface area contributed by atoms with Crippen molar-refractivity contribution in [2.24, 2.45) is 0 Å². The number of anilines is 1. The van der Waals surface area contributed by atoms with E-state index in [1.807, 2.05) is 6.07 Å². The Kier molecular flexibility index (Phi) is 3.41. The van der Waals surface area contributed by atoms with E-state index in [2.05, 4.69) is 17.5 Å². The minimum Gasteiger partial charge on any atom is -0.337 e. The highest BCUT2D eigenvalue weighted by molar-refractivity contribution is 7.81. The maximum Gasteiger partial charge on any atom is 0.182 e. The smallest absolute Gasteiger partial charge is 0.182 e. The molecule has 0 bridgehead atoms. The number of nitrogens with zero attached hydrogens (tertiary/aromatic N) is 2. The fourth-order valence-electron chi connectivity index (χ4n) is 0.868. The summed E-state index contributed by atoms with van der Waals surface area (Å²) in [5.41, 5.74) is 0.846. The Labute approximate surface area is 91.5 Å². The summed E-state index contributed by atoms with van der Waals surface area (Å²) >= 11 is 10.4. The third kappa shape index (κ3) is 2.43. The van der Waals surface area contributed by atoms with Crippen LogP contribution in [0.1, 0.15) is 5.56 Å². The van der Waals surface area contributed by atoms with E-state index in [4.69, 9.17) is 22.1 Å². The SMILES string of the molecule is N#CC(=S)Nc1ccc(Cl)cc1C#N. The summed E-state index contributed by atoms with van der Waals surface area (Å²) in [5.74, 6) is 0. The van der Waals surface area contributed by atoms with Crippen LogP contribution in [0, 0.1) is 22.7 Å². The second kappa shape index (κ2) is 4.57. The molecule has 0 spiro atoms. The van der Waals surface area contributed by atoms with Crippen LogP contribution >= 0.6 is 23.8 Å². The van der Waals surface area contributed by atoms with Crippen molar-refractivity contribution in [3.05, 3.63) is 28.8 Å². The number of thiocarbonyl (C=S) groups is 1. The highest BCUT2D eigenvalue weighted by atomic mass is 35.5. The molecule has 1 aromatic carbocycles. The van der Waals surface area contributed by atoms with Crippen molar-refractivity contribution in [1.82, 2.24) is 0 Å². The minimum absolute atomic E-state index is 0.0174. The first-order valence-electron chi connectivity index (χ1n) is 3.58. The van der Waals surface area contributed by atoms with Crippen LogP contribution in [0.5, 0.6) is 0 Å². The van der Waals surface area contributed by atoms with Crippen LogP contribution in [0.15, 0.2) is 18.2 Å². The van der Waals surface area contributed by atoms with Crippen LogP contribution in [0.4, 0.5) is 5.69 Å². The van der Waals surface area contributed by atoms with Crippen molar-refractivity contribution in [2.45, 2.75) is 0 Å². The number of halogens is 1. The summed E-state index contributed by atoms with van der Waals surface area (Å²) in [6.45, 7) is 0. The van der Waals surface area contributed by atoms with Crippen molar-refractivity contribution in [1.29, 1.82) is 10.5 Å². The Balaban J connectivity index is 3.05. The van der Waals surface area contributed by atoms with Gasteiger partial charge in [0, 0.05) is 5.02 Å². The largest absolute Gasteiger partial charge is 0.337 e. The average molecular weight is 222 g/mol. The second-order valence-corrected chi connectivity index (χ2v) is 3.21. The Morgan fingerprint density at radius 3 is 2.71 bits per heavy atom. The van der Waals surface area contributed by atoms with Crippen LogP contribution in [0.2, 0.25) is 5.02 Å². The van der Waals surface area contributed by atoms with E-state index in [0.29, 0.717) is 16.3 Å². The lowest BCUT2D eigenvalue weighted by molar-refractivity contribution is 1.48. The molecule has 0 amide bonds. The molecule has 1 aromatic rings. The van der Waals surface area contributed by atoms with Gasteiger partial charge in [-0.25, -0.2) is 0 Å². The van der Waals surface area contributed by atoms with Crippen molar-refractivity contribution in [3.8, 4) is 12.1 Å². The maximum atomic E-state index is 8.75. The van der Waals surface area contributed by atoms with Crippen LogP contribution < -0.4 is 5.32 Å². The van der Waals surface area contributed by atoms with Gasteiger partial charge < -0.3 is 5.32 Å². The van der Waals surface area contributed by atoms with E-state index >= 15 is 0 Å². The van der Waals surface area contributed by atoms with E-state index in [1.54, 1.807) is 18.2 Å². The highest BCUT2D eigenvalue weighted by Crippen LogP contribution is 2.19. The molecule has 5 heteroatoms. The fourth-order valence-corrected chi connectivity index (χ4v) is 1.15. The van der Waals surface area contributed by atoms with Gasteiger partial charge in [-0.15, -0.1) is 0 Å². The standard InChI is InChI=1S/C9H4ClN3S/c10-7-1-2-8(6(3-7)4-11)13-9(14)5-12/h1-3H,(H,13,14). The molecule has 0 saturated heterocycles. The first-order valence-corrected chi connectivity index (χ1v) is 4.36. The molecule has 68 valence electrons. The van der Waals surface area contributed by atoms with Gasteiger partial charge in [0.1, 0.15) is 12.1 Å². The van der Waals surface area contributed by atoms with Gasteiger partial charge in [0.2, 0.25) is 0 Å². The van der Waals surface area contributed by atoms with E-state index < -0.39 is 0 Å². The summed E-state index contributed by atoms with van der Waals surface area (Å²) in [6, 6.07) is 8.43. The van der Waals surface area contributed by atoms with Gasteiger partial charge in [-0.1, -0.05) is 11.6 Å². The lowest BCUT2D eigenvalue weighted by atomic mass is 10.2. The van der Waals surface area contributed by atoms with Crippen molar-refractivity contribution in [2.75, 3.05) is 5.32 Å². The lowest BCUT2D eigenvalue weighted by Crippen LogP contribution is -2.06. The van der Waals surface area contributed by atoms with E-state index in [0.717, 1.165) is 0 Å². The summed E-state index contributed by atoms with van der Waals surface area (Å²) in [6.07, 6.45) is 0. The van der Waals surface area contributed by atoms with Crippen LogP contribution in [0.3, 0.4) is 0 Å². The van der Waals surface area contributed by atoms with Crippen molar-refractivity contribution < 1.29 is 0 Å². The average Bonchev–Trinajstić information content (AvgIpc) is 2.20. The molecule has 0 fully saturated rings. The number of benzene rings is 1. The second-order valence-electron chi connectivity index (χ2n) is 2.37. The minimum atomic E-state index is 0.0174. The van der Waals surface area contributed by atoms with Gasteiger partial charge in [-0.2, -0.15) is 10.5 Å². The molecule has 0 aliphatic rings. The molecular weight excluding hydrogens is 218 g/mol. The van der Waals surface area contributed by atoms with Gasteiger partial charge >= 0.3 is 0 Å².